The highest BCUT2D eigenvalue weighted by Crippen LogP contribution is 2.21. The predicted octanol–water partition coefficient (Wildman–Crippen LogP) is 1.28. The van der Waals surface area contributed by atoms with Crippen molar-refractivity contribution in [2.24, 2.45) is 0 Å². The summed E-state index contributed by atoms with van der Waals surface area (Å²) in [7, 11) is 0. The smallest absolute Gasteiger partial charge is 0.342 e. The van der Waals surface area contributed by atoms with Crippen LogP contribution >= 0.6 is 0 Å². The fourth-order valence-electron chi connectivity index (χ4n) is 2.83. The second-order valence-corrected chi connectivity index (χ2v) is 5.06. The second-order valence-electron chi connectivity index (χ2n) is 5.06. The molecule has 0 spiro atoms. The van der Waals surface area contributed by atoms with Gasteiger partial charge in [0.05, 0.1) is 0 Å². The van der Waals surface area contributed by atoms with Crippen LogP contribution in [0.1, 0.15) is 37.4 Å². The van der Waals surface area contributed by atoms with E-state index in [9.17, 15) is 4.79 Å². The number of aromatic amines is 1. The zero-order chi connectivity index (χ0) is 13.4. The molecular weight excluding hydrogens is 242 g/mol. The number of nitrogens with zero attached hydrogens (tertiary/aromatic N) is 4. The van der Waals surface area contributed by atoms with Gasteiger partial charge in [-0.1, -0.05) is 6.92 Å². The van der Waals surface area contributed by atoms with Crippen molar-refractivity contribution >= 4 is 11.6 Å². The molecule has 3 heterocycles. The Morgan fingerprint density at radius 3 is 2.68 bits per heavy atom. The number of rotatable bonds is 2. The summed E-state index contributed by atoms with van der Waals surface area (Å²) in [5.41, 5.74) is 2.53. The Balaban J connectivity index is 2.23. The van der Waals surface area contributed by atoms with Crippen LogP contribution in [0.5, 0.6) is 0 Å². The third kappa shape index (κ3) is 1.91. The number of anilines is 1. The van der Waals surface area contributed by atoms with Crippen molar-refractivity contribution in [1.29, 1.82) is 0 Å². The Morgan fingerprint density at radius 2 is 2.00 bits per heavy atom. The zero-order valence-corrected chi connectivity index (χ0v) is 11.4. The molecule has 2 aromatic rings. The van der Waals surface area contributed by atoms with E-state index in [0.29, 0.717) is 0 Å². The molecule has 6 nitrogen and oxygen atoms in total. The van der Waals surface area contributed by atoms with E-state index in [0.717, 1.165) is 55.2 Å². The number of hydrogen-bond acceptors (Lipinski definition) is 4. The third-order valence-corrected chi connectivity index (χ3v) is 3.84. The fourth-order valence-corrected chi connectivity index (χ4v) is 2.83. The zero-order valence-electron chi connectivity index (χ0n) is 11.4. The molecule has 0 aliphatic carbocycles. The first-order chi connectivity index (χ1) is 9.22. The van der Waals surface area contributed by atoms with E-state index in [2.05, 4.69) is 27.0 Å². The lowest BCUT2D eigenvalue weighted by Gasteiger charge is -2.28. The molecule has 6 heteroatoms. The normalized spacial score (nSPS) is 16.2. The van der Waals surface area contributed by atoms with E-state index in [1.807, 2.05) is 6.92 Å². The van der Waals surface area contributed by atoms with Crippen molar-refractivity contribution < 1.29 is 0 Å². The summed E-state index contributed by atoms with van der Waals surface area (Å²) < 4.78 is 1.62. The Kier molecular flexibility index (Phi) is 3.00. The first-order valence-corrected chi connectivity index (χ1v) is 6.94. The number of fused-ring (bicyclic) bond motifs is 1. The SMILES string of the molecule is CCc1c(C)nc(N2CCCCC2)n2c(=O)[nH]nc12. The van der Waals surface area contributed by atoms with E-state index < -0.39 is 0 Å². The van der Waals surface area contributed by atoms with Gasteiger partial charge in [0.15, 0.2) is 5.65 Å². The molecule has 1 aliphatic heterocycles. The van der Waals surface area contributed by atoms with Crippen LogP contribution in [0.25, 0.3) is 5.65 Å². The molecule has 102 valence electrons. The van der Waals surface area contributed by atoms with Crippen molar-refractivity contribution in [3.63, 3.8) is 0 Å². The summed E-state index contributed by atoms with van der Waals surface area (Å²) in [5.74, 6) is 0.739. The van der Waals surface area contributed by atoms with Crippen molar-refractivity contribution in [1.82, 2.24) is 19.6 Å². The number of aromatic nitrogens is 4. The van der Waals surface area contributed by atoms with Gasteiger partial charge >= 0.3 is 5.69 Å². The van der Waals surface area contributed by atoms with Crippen LogP contribution in [0.4, 0.5) is 5.95 Å². The van der Waals surface area contributed by atoms with E-state index >= 15 is 0 Å². The minimum atomic E-state index is -0.197. The molecule has 3 rings (SSSR count). The average Bonchev–Trinajstić information content (AvgIpc) is 2.81. The summed E-state index contributed by atoms with van der Waals surface area (Å²) in [6.07, 6.45) is 4.40. The van der Waals surface area contributed by atoms with Crippen LogP contribution in [-0.2, 0) is 6.42 Å². The summed E-state index contributed by atoms with van der Waals surface area (Å²) in [6, 6.07) is 0. The van der Waals surface area contributed by atoms with E-state index in [1.165, 1.54) is 6.42 Å². The molecule has 0 amide bonds. The maximum absolute atomic E-state index is 12.0. The maximum atomic E-state index is 12.0. The molecule has 0 radical (unpaired) electrons. The quantitative estimate of drug-likeness (QED) is 0.884. The van der Waals surface area contributed by atoms with Gasteiger partial charge in [-0.25, -0.2) is 19.3 Å². The van der Waals surface area contributed by atoms with Gasteiger partial charge in [0.1, 0.15) is 0 Å². The second kappa shape index (κ2) is 4.68. The molecule has 1 aliphatic rings. The van der Waals surface area contributed by atoms with Crippen molar-refractivity contribution in [3.05, 3.63) is 21.7 Å². The minimum Gasteiger partial charge on any atom is -0.342 e. The lowest BCUT2D eigenvalue weighted by atomic mass is 10.1. The van der Waals surface area contributed by atoms with Crippen LogP contribution in [-0.4, -0.2) is 32.7 Å². The topological polar surface area (TPSA) is 66.3 Å². The molecule has 19 heavy (non-hydrogen) atoms. The number of H-pyrrole nitrogens is 1. The molecule has 0 atom stereocenters. The molecule has 1 N–H and O–H groups in total. The largest absolute Gasteiger partial charge is 0.350 e. The van der Waals surface area contributed by atoms with Crippen LogP contribution in [0.2, 0.25) is 0 Å². The Bertz CT molecular complexity index is 651. The van der Waals surface area contributed by atoms with E-state index in [1.54, 1.807) is 4.40 Å². The molecule has 0 bridgehead atoms. The summed E-state index contributed by atoms with van der Waals surface area (Å²) in [4.78, 5) is 18.9. The van der Waals surface area contributed by atoms with Crippen molar-refractivity contribution in [2.45, 2.75) is 39.5 Å². The van der Waals surface area contributed by atoms with Gasteiger partial charge in [-0.3, -0.25) is 0 Å². The standard InChI is InChI=1S/C13H19N5O/c1-3-10-9(2)14-12(17-7-5-4-6-8-17)18-11(10)15-16-13(18)19/h3-8H2,1-2H3,(H,16,19). The highest BCUT2D eigenvalue weighted by molar-refractivity contribution is 5.54. The monoisotopic (exact) mass is 261 g/mol. The molecule has 0 aromatic carbocycles. The molecule has 1 fully saturated rings. The lowest BCUT2D eigenvalue weighted by Crippen LogP contribution is -2.34. The number of piperidine rings is 1. The van der Waals surface area contributed by atoms with Crippen LogP contribution in [0.3, 0.4) is 0 Å². The number of nitrogens with one attached hydrogen (secondary N) is 1. The van der Waals surface area contributed by atoms with E-state index in [4.69, 9.17) is 0 Å². The Morgan fingerprint density at radius 1 is 1.26 bits per heavy atom. The first kappa shape index (κ1) is 12.2. The molecule has 0 saturated carbocycles. The predicted molar refractivity (Wildman–Crippen MR) is 73.8 cm³/mol. The molecular formula is C13H19N5O. The fraction of sp³-hybridized carbons (Fsp3) is 0.615. The minimum absolute atomic E-state index is 0.197. The number of aryl methyl sites for hydroxylation is 2. The molecule has 0 unspecified atom stereocenters. The third-order valence-electron chi connectivity index (χ3n) is 3.84. The van der Waals surface area contributed by atoms with Gasteiger partial charge in [-0.2, -0.15) is 5.10 Å². The van der Waals surface area contributed by atoms with Gasteiger partial charge in [0, 0.05) is 24.3 Å². The van der Waals surface area contributed by atoms with Gasteiger partial charge in [0.25, 0.3) is 0 Å². The van der Waals surface area contributed by atoms with Crippen molar-refractivity contribution in [2.75, 3.05) is 18.0 Å². The van der Waals surface area contributed by atoms with Gasteiger partial charge in [-0.15, -0.1) is 0 Å². The molecule has 2 aromatic heterocycles. The summed E-state index contributed by atoms with van der Waals surface area (Å²) >= 11 is 0. The summed E-state index contributed by atoms with van der Waals surface area (Å²) in [5, 5.41) is 6.71. The van der Waals surface area contributed by atoms with Crippen LogP contribution in [0.15, 0.2) is 4.79 Å². The Hall–Kier alpha value is -1.85. The highest BCUT2D eigenvalue weighted by atomic mass is 16.1. The average molecular weight is 261 g/mol. The summed E-state index contributed by atoms with van der Waals surface area (Å²) in [6.45, 7) is 5.98. The van der Waals surface area contributed by atoms with Crippen LogP contribution in [0, 0.1) is 6.92 Å². The first-order valence-electron chi connectivity index (χ1n) is 6.94. The molecule has 1 saturated heterocycles. The van der Waals surface area contributed by atoms with Gasteiger partial charge < -0.3 is 4.90 Å². The van der Waals surface area contributed by atoms with Crippen LogP contribution < -0.4 is 10.6 Å². The maximum Gasteiger partial charge on any atom is 0.350 e. The highest BCUT2D eigenvalue weighted by Gasteiger charge is 2.20. The van der Waals surface area contributed by atoms with Crippen molar-refractivity contribution in [3.8, 4) is 0 Å². The Labute approximate surface area is 111 Å². The number of hydrogen-bond donors (Lipinski definition) is 1. The lowest BCUT2D eigenvalue weighted by molar-refractivity contribution is 0.564. The van der Waals surface area contributed by atoms with Gasteiger partial charge in [-0.05, 0) is 32.6 Å². The van der Waals surface area contributed by atoms with E-state index in [-0.39, 0.29) is 5.69 Å². The van der Waals surface area contributed by atoms with Gasteiger partial charge in [0.2, 0.25) is 5.95 Å².